The van der Waals surface area contributed by atoms with Crippen LogP contribution in [0.1, 0.15) is 93.1 Å². The molecule has 10 rings (SSSR count). The molecule has 2 amide bonds. The van der Waals surface area contributed by atoms with E-state index >= 15 is 0 Å². The van der Waals surface area contributed by atoms with Gasteiger partial charge in [0.2, 0.25) is 17.8 Å². The minimum absolute atomic E-state index is 0.0403. The number of likely N-dealkylation sites (tertiary alicyclic amines) is 1. The van der Waals surface area contributed by atoms with Gasteiger partial charge in [-0.15, -0.1) is 21.5 Å². The maximum atomic E-state index is 14.4. The third-order valence-corrected chi connectivity index (χ3v) is 13.9. The van der Waals surface area contributed by atoms with Gasteiger partial charge in [-0.3, -0.25) is 9.59 Å². The molecule has 0 spiro atoms. The number of rotatable bonds is 12. The molecule has 328 valence electrons. The Morgan fingerprint density at radius 2 is 1.73 bits per heavy atom. The number of nitrogens with zero attached hydrogens (tertiary/aromatic N) is 9. The molecule has 16 heteroatoms. The smallest absolute Gasteiger partial charge is 0.243 e. The van der Waals surface area contributed by atoms with Crippen LogP contribution in [-0.2, 0) is 9.59 Å². The van der Waals surface area contributed by atoms with Crippen molar-refractivity contribution >= 4 is 40.1 Å². The third-order valence-electron chi connectivity index (χ3n) is 12.9. The minimum atomic E-state index is -0.846. The van der Waals surface area contributed by atoms with Gasteiger partial charge in [-0.25, -0.2) is 15.0 Å². The molecule has 3 fully saturated rings. The van der Waals surface area contributed by atoms with Crippen LogP contribution < -0.4 is 10.2 Å². The molecular weight excluding hydrogens is 829 g/mol. The van der Waals surface area contributed by atoms with Crippen molar-refractivity contribution in [3.05, 3.63) is 107 Å². The molecule has 2 saturated heterocycles. The van der Waals surface area contributed by atoms with Gasteiger partial charge in [-0.2, -0.15) is 0 Å². The molecule has 15 nitrogen and oxygen atoms in total. The largest absolute Gasteiger partial charge is 0.507 e. The Balaban J connectivity index is 0.830. The number of benzene rings is 2. The second-order valence-electron chi connectivity index (χ2n) is 17.7. The fourth-order valence-corrected chi connectivity index (χ4v) is 10.2. The number of phenolic OH excluding ortho intramolecular Hbond substituents is 1. The Kier molecular flexibility index (Phi) is 10.9. The van der Waals surface area contributed by atoms with Crippen molar-refractivity contribution in [1.29, 1.82) is 0 Å². The SMILES string of the molecule is Cc1ncsc1-c1ccc([C@H](C)NC(=O)[C@@H]2C[C@@H](O)CN2C(=O)[C@@H](c2cc(-c3ccnc(N4CC[C@@H](c5cc6nnc(-c7ccccc7O)cc6n5C5CC5)C4)n3)no2)C(C)C)cc1. The number of aryl methyl sites for hydroxylation is 1. The van der Waals surface area contributed by atoms with E-state index in [1.54, 1.807) is 41.8 Å². The lowest BCUT2D eigenvalue weighted by atomic mass is 9.91. The minimum Gasteiger partial charge on any atom is -0.507 e. The number of thiazole rings is 1. The first kappa shape index (κ1) is 41.5. The van der Waals surface area contributed by atoms with Crippen LogP contribution in [-0.4, -0.2) is 93.6 Å². The topological polar surface area (TPSA) is 189 Å². The van der Waals surface area contributed by atoms with E-state index in [1.165, 1.54) is 10.6 Å². The fraction of sp³-hybridized carbons (Fsp3) is 0.375. The predicted molar refractivity (Wildman–Crippen MR) is 243 cm³/mol. The second kappa shape index (κ2) is 16.9. The number of amides is 2. The Hall–Kier alpha value is -6.52. The first-order valence-electron chi connectivity index (χ1n) is 22.0. The highest BCUT2D eigenvalue weighted by Gasteiger charge is 2.44. The Labute approximate surface area is 374 Å². The molecule has 1 aliphatic carbocycles. The number of aromatic nitrogens is 7. The second-order valence-corrected chi connectivity index (χ2v) is 18.6. The lowest BCUT2D eigenvalue weighted by molar-refractivity contribution is -0.141. The summed E-state index contributed by atoms with van der Waals surface area (Å²) in [5.74, 6) is -0.239. The van der Waals surface area contributed by atoms with Gasteiger partial charge >= 0.3 is 0 Å². The number of fused-ring (bicyclic) bond motifs is 1. The van der Waals surface area contributed by atoms with E-state index in [0.717, 1.165) is 65.1 Å². The molecule has 0 unspecified atom stereocenters. The van der Waals surface area contributed by atoms with Gasteiger partial charge in [0.05, 0.1) is 45.1 Å². The van der Waals surface area contributed by atoms with Crippen LogP contribution >= 0.6 is 11.3 Å². The van der Waals surface area contributed by atoms with Crippen LogP contribution in [0.5, 0.6) is 5.75 Å². The number of aromatic hydroxyl groups is 1. The lowest BCUT2D eigenvalue weighted by Crippen LogP contribution is -2.48. The van der Waals surface area contributed by atoms with Crippen molar-refractivity contribution in [1.82, 2.24) is 45.1 Å². The van der Waals surface area contributed by atoms with Crippen molar-refractivity contribution in [3.63, 3.8) is 0 Å². The number of anilines is 1. The predicted octanol–water partition coefficient (Wildman–Crippen LogP) is 7.59. The summed E-state index contributed by atoms with van der Waals surface area (Å²) in [5, 5.41) is 37.8. The quantitative estimate of drug-likeness (QED) is 0.109. The average Bonchev–Trinajstić information content (AvgIpc) is 3.81. The number of hydrogen-bond acceptors (Lipinski definition) is 13. The van der Waals surface area contributed by atoms with Crippen LogP contribution in [0.4, 0.5) is 5.95 Å². The van der Waals surface area contributed by atoms with E-state index in [9.17, 15) is 19.8 Å². The van der Waals surface area contributed by atoms with E-state index in [0.29, 0.717) is 40.4 Å². The van der Waals surface area contributed by atoms with Gasteiger partial charge in [-0.05, 0) is 80.5 Å². The number of β-amino-alcohol motifs (C(OH)–C–C–N with tert-alkyl or cyclic N) is 1. The molecule has 5 aromatic heterocycles. The monoisotopic (exact) mass is 878 g/mol. The maximum absolute atomic E-state index is 14.4. The zero-order chi connectivity index (χ0) is 44.2. The molecule has 3 N–H and O–H groups in total. The molecule has 3 aliphatic rings. The van der Waals surface area contributed by atoms with E-state index < -0.39 is 18.1 Å². The highest BCUT2D eigenvalue weighted by atomic mass is 32.1. The van der Waals surface area contributed by atoms with Crippen LogP contribution in [0, 0.1) is 12.8 Å². The van der Waals surface area contributed by atoms with E-state index in [4.69, 9.17) is 9.51 Å². The average molecular weight is 879 g/mol. The number of carbonyl (C=O) groups excluding carboxylic acids is 2. The van der Waals surface area contributed by atoms with Gasteiger partial charge in [0.1, 0.15) is 34.7 Å². The van der Waals surface area contributed by atoms with Crippen LogP contribution in [0.15, 0.2) is 89.0 Å². The van der Waals surface area contributed by atoms with Crippen molar-refractivity contribution in [2.45, 2.75) is 89.4 Å². The Morgan fingerprint density at radius 1 is 0.922 bits per heavy atom. The van der Waals surface area contributed by atoms with Crippen LogP contribution in [0.3, 0.4) is 0 Å². The number of para-hydroxylation sites is 1. The summed E-state index contributed by atoms with van der Waals surface area (Å²) in [6, 6.07) is 22.2. The molecule has 64 heavy (non-hydrogen) atoms. The summed E-state index contributed by atoms with van der Waals surface area (Å²) in [6.07, 6.45) is 4.14. The van der Waals surface area contributed by atoms with E-state index in [-0.39, 0.29) is 48.4 Å². The maximum Gasteiger partial charge on any atom is 0.243 e. The summed E-state index contributed by atoms with van der Waals surface area (Å²) in [7, 11) is 0. The number of nitrogens with one attached hydrogen (secondary N) is 1. The molecule has 0 radical (unpaired) electrons. The molecule has 5 atom stereocenters. The van der Waals surface area contributed by atoms with Crippen molar-refractivity contribution in [2.24, 2.45) is 5.92 Å². The van der Waals surface area contributed by atoms with Gasteiger partial charge in [0, 0.05) is 61.5 Å². The van der Waals surface area contributed by atoms with Crippen LogP contribution in [0.25, 0.3) is 44.1 Å². The Bertz CT molecular complexity index is 2850. The summed E-state index contributed by atoms with van der Waals surface area (Å²) in [5.41, 5.74) is 10.2. The number of hydrogen-bond donors (Lipinski definition) is 3. The van der Waals surface area contributed by atoms with Gasteiger partial charge < -0.3 is 34.4 Å². The van der Waals surface area contributed by atoms with Gasteiger partial charge in [-0.1, -0.05) is 55.4 Å². The van der Waals surface area contributed by atoms with Crippen molar-refractivity contribution in [2.75, 3.05) is 24.5 Å². The first-order chi connectivity index (χ1) is 31.0. The zero-order valence-electron chi connectivity index (χ0n) is 36.1. The molecular formula is C48H50N10O5S. The standard InChI is InChI=1S/C48H50N10O5S/c1-26(2)44(47(62)57-24-33(59)19-41(57)46(61)51-27(3)29-9-11-30(12-10-29)45-28(4)50-25-64-45)43-22-37(55-63-43)35-15-17-49-48(52-35)56-18-16-31(23-56)39-21-38-40(58(39)32-13-14-32)20-36(53-54-38)34-7-5-6-8-42(34)60/h5-12,15,17,20-22,25-27,31-33,41,44,59-60H,13-14,16,18-19,23-24H2,1-4H3,(H,51,61)/t27-,31+,33+,41-,44+/m0/s1. The zero-order valence-corrected chi connectivity index (χ0v) is 36.9. The number of carbonyl (C=O) groups is 2. The molecule has 1 saturated carbocycles. The van der Waals surface area contributed by atoms with Gasteiger partial charge in [0.25, 0.3) is 0 Å². The number of aliphatic hydroxyl groups is 1. The lowest BCUT2D eigenvalue weighted by Gasteiger charge is -2.29. The first-order valence-corrected chi connectivity index (χ1v) is 22.9. The molecule has 7 heterocycles. The van der Waals surface area contributed by atoms with E-state index in [2.05, 4.69) is 46.2 Å². The van der Waals surface area contributed by atoms with Crippen LogP contribution in [0.2, 0.25) is 0 Å². The Morgan fingerprint density at radius 3 is 2.48 bits per heavy atom. The summed E-state index contributed by atoms with van der Waals surface area (Å²) < 4.78 is 8.32. The molecule has 2 aromatic carbocycles. The fourth-order valence-electron chi connectivity index (χ4n) is 9.41. The summed E-state index contributed by atoms with van der Waals surface area (Å²) in [4.78, 5) is 47.0. The normalized spacial score (nSPS) is 19.8. The highest BCUT2D eigenvalue weighted by molar-refractivity contribution is 7.13. The van der Waals surface area contributed by atoms with Gasteiger partial charge in [0.15, 0.2) is 0 Å². The highest BCUT2D eigenvalue weighted by Crippen LogP contribution is 2.44. The molecule has 2 aliphatic heterocycles. The van der Waals surface area contributed by atoms with Crippen molar-refractivity contribution in [3.8, 4) is 38.8 Å². The summed E-state index contributed by atoms with van der Waals surface area (Å²) >= 11 is 1.59. The summed E-state index contributed by atoms with van der Waals surface area (Å²) in [6.45, 7) is 9.28. The molecule has 7 aromatic rings. The number of phenols is 1. The number of aliphatic hydroxyl groups excluding tert-OH is 1. The van der Waals surface area contributed by atoms with Crippen molar-refractivity contribution < 1.29 is 24.3 Å². The molecule has 0 bridgehead atoms. The third kappa shape index (κ3) is 7.89. The van der Waals surface area contributed by atoms with E-state index in [1.807, 2.05) is 75.7 Å².